The number of benzene rings is 4. The molecule has 1 saturated carbocycles. The van der Waals surface area contributed by atoms with Crippen molar-refractivity contribution in [3.63, 3.8) is 0 Å². The van der Waals surface area contributed by atoms with E-state index < -0.39 is 46.1 Å². The van der Waals surface area contributed by atoms with Crippen molar-refractivity contribution in [2.24, 2.45) is 17.3 Å². The highest BCUT2D eigenvalue weighted by Crippen LogP contribution is 2.60. The molecule has 0 bridgehead atoms. The molecule has 57 heavy (non-hydrogen) atoms. The second-order valence-electron chi connectivity index (χ2n) is 15.4. The molecule has 300 valence electrons. The quantitative estimate of drug-likeness (QED) is 0.133. The van der Waals surface area contributed by atoms with E-state index in [4.69, 9.17) is 21.1 Å². The summed E-state index contributed by atoms with van der Waals surface area (Å²) in [5.41, 5.74) is 6.16. The number of hydrazine groups is 1. The molecule has 0 saturated heterocycles. The lowest BCUT2D eigenvalue weighted by atomic mass is 10.0. The van der Waals surface area contributed by atoms with Gasteiger partial charge < -0.3 is 9.47 Å². The van der Waals surface area contributed by atoms with E-state index in [-0.39, 0.29) is 11.8 Å². The number of para-hydroxylation sites is 1. The molecule has 0 heterocycles. The third kappa shape index (κ3) is 11.7. The number of aryl methyl sites for hydroxylation is 3. The van der Waals surface area contributed by atoms with Crippen LogP contribution in [0.25, 0.3) is 0 Å². The molecule has 8 nitrogen and oxygen atoms in total. The lowest BCUT2D eigenvalue weighted by molar-refractivity contribution is -0.149. The number of allylic oxidation sites excluding steroid dienone is 2. The van der Waals surface area contributed by atoms with Crippen LogP contribution < -0.4 is 10.2 Å². The molecular formula is C45H47ClF3N3O5. The van der Waals surface area contributed by atoms with Gasteiger partial charge in [0.1, 0.15) is 22.6 Å². The highest BCUT2D eigenvalue weighted by Gasteiger charge is 2.62. The molecule has 1 unspecified atom stereocenters. The van der Waals surface area contributed by atoms with Crippen molar-refractivity contribution < 1.29 is 37.0 Å². The van der Waals surface area contributed by atoms with Crippen molar-refractivity contribution in [1.82, 2.24) is 10.4 Å². The molecule has 1 aliphatic rings. The summed E-state index contributed by atoms with van der Waals surface area (Å²) in [6.07, 6.45) is -4.15. The standard InChI is InChI=1S/C23H19ClF3NO3.C22H28N2O2/c1-22(2)17(12-19(24)23(25,26)27)20(22)21(29)31-18(13-28)14-7-6-10-16(11-14)30-15-8-4-3-5-9-15;1-7-17-8-10-18(11-9-17)20(25)23-24(22(4,5)6)21(26)19-13-15(2)12-16(3)14-19/h3-12,17-18,20H,1-2H3;8-14H,7H2,1-6H3,(H,23,25)/b19-12-;/t17-,18?,20-;/m0./s1. The number of carbonyl (C=O) groups is 3. The average molecular weight is 802 g/mol. The number of amides is 2. The molecule has 5 rings (SSSR count). The molecule has 2 amide bonds. The number of esters is 1. The number of nitriles is 1. The minimum Gasteiger partial charge on any atom is -0.457 e. The molecule has 1 fully saturated rings. The van der Waals surface area contributed by atoms with Gasteiger partial charge in [-0.15, -0.1) is 0 Å². The van der Waals surface area contributed by atoms with Crippen LogP contribution >= 0.6 is 11.6 Å². The van der Waals surface area contributed by atoms with Crippen LogP contribution in [0.1, 0.15) is 90.6 Å². The van der Waals surface area contributed by atoms with Crippen LogP contribution in [0.15, 0.2) is 108 Å². The minimum atomic E-state index is -4.68. The largest absolute Gasteiger partial charge is 0.457 e. The van der Waals surface area contributed by atoms with Crippen molar-refractivity contribution in [3.8, 4) is 17.6 Å². The van der Waals surface area contributed by atoms with Gasteiger partial charge in [-0.1, -0.05) is 98.1 Å². The van der Waals surface area contributed by atoms with E-state index in [1.165, 1.54) is 10.6 Å². The maximum Gasteiger partial charge on any atom is 0.426 e. The van der Waals surface area contributed by atoms with E-state index in [0.29, 0.717) is 28.2 Å². The van der Waals surface area contributed by atoms with Gasteiger partial charge in [0.15, 0.2) is 0 Å². The highest BCUT2D eigenvalue weighted by atomic mass is 35.5. The summed E-state index contributed by atoms with van der Waals surface area (Å²) >= 11 is 5.32. The Hall–Kier alpha value is -5.60. The zero-order chi connectivity index (χ0) is 42.3. The number of halogens is 4. The summed E-state index contributed by atoms with van der Waals surface area (Å²) in [5, 5.41) is 9.65. The number of carbonyl (C=O) groups excluding carboxylic acids is 3. The van der Waals surface area contributed by atoms with Gasteiger partial charge in [-0.3, -0.25) is 19.8 Å². The van der Waals surface area contributed by atoms with E-state index in [1.54, 1.807) is 62.4 Å². The van der Waals surface area contributed by atoms with Gasteiger partial charge in [-0.25, -0.2) is 5.01 Å². The Bertz CT molecular complexity index is 2120. The first kappa shape index (κ1) is 44.1. The first-order valence-electron chi connectivity index (χ1n) is 18.4. The molecular weight excluding hydrogens is 755 g/mol. The molecule has 1 N–H and O–H groups in total. The highest BCUT2D eigenvalue weighted by molar-refractivity contribution is 6.30. The fourth-order valence-corrected chi connectivity index (χ4v) is 6.36. The Morgan fingerprint density at radius 3 is 2.04 bits per heavy atom. The number of rotatable bonds is 9. The van der Waals surface area contributed by atoms with Gasteiger partial charge in [0.05, 0.1) is 11.5 Å². The predicted molar refractivity (Wildman–Crippen MR) is 213 cm³/mol. The normalized spacial score (nSPS) is 16.5. The smallest absolute Gasteiger partial charge is 0.426 e. The maximum atomic E-state index is 13.1. The third-order valence-corrected chi connectivity index (χ3v) is 9.77. The van der Waals surface area contributed by atoms with Gasteiger partial charge in [-0.2, -0.15) is 18.4 Å². The topological polar surface area (TPSA) is 109 Å². The molecule has 12 heteroatoms. The van der Waals surface area contributed by atoms with E-state index in [0.717, 1.165) is 23.6 Å². The van der Waals surface area contributed by atoms with E-state index >= 15 is 0 Å². The number of hydrogen-bond donors (Lipinski definition) is 1. The van der Waals surface area contributed by atoms with Gasteiger partial charge in [0, 0.05) is 16.7 Å². The number of ether oxygens (including phenoxy) is 2. The molecule has 0 radical (unpaired) electrons. The molecule has 4 aromatic rings. The zero-order valence-corrected chi connectivity index (χ0v) is 34.0. The monoisotopic (exact) mass is 801 g/mol. The van der Waals surface area contributed by atoms with Gasteiger partial charge in [0.2, 0.25) is 6.10 Å². The number of nitrogens with one attached hydrogen (secondary N) is 1. The Morgan fingerprint density at radius 1 is 0.895 bits per heavy atom. The van der Waals surface area contributed by atoms with Crippen molar-refractivity contribution >= 4 is 29.4 Å². The summed E-state index contributed by atoms with van der Waals surface area (Å²) < 4.78 is 49.2. The van der Waals surface area contributed by atoms with Gasteiger partial charge in [0.25, 0.3) is 11.8 Å². The van der Waals surface area contributed by atoms with Crippen LogP contribution in [0.4, 0.5) is 13.2 Å². The first-order valence-corrected chi connectivity index (χ1v) is 18.7. The second kappa shape index (κ2) is 18.1. The molecule has 1 aliphatic carbocycles. The van der Waals surface area contributed by atoms with Crippen LogP contribution in [-0.2, 0) is 16.0 Å². The molecule has 3 atom stereocenters. The van der Waals surface area contributed by atoms with Crippen LogP contribution in [0.5, 0.6) is 11.5 Å². The maximum absolute atomic E-state index is 13.1. The third-order valence-electron chi connectivity index (χ3n) is 9.43. The summed E-state index contributed by atoms with van der Waals surface area (Å²) in [7, 11) is 0. The fraction of sp³-hybridized carbons (Fsp3) is 0.333. The van der Waals surface area contributed by atoms with Crippen molar-refractivity contribution in [1.29, 1.82) is 5.26 Å². The lowest BCUT2D eigenvalue weighted by Gasteiger charge is -2.35. The van der Waals surface area contributed by atoms with Gasteiger partial charge >= 0.3 is 12.1 Å². The Kier molecular flexibility index (Phi) is 14.0. The van der Waals surface area contributed by atoms with Gasteiger partial charge in [-0.05, 0) is 106 Å². The molecule has 4 aromatic carbocycles. The number of hydrogen-bond acceptors (Lipinski definition) is 6. The summed E-state index contributed by atoms with van der Waals surface area (Å²) in [6.45, 7) is 15.0. The van der Waals surface area contributed by atoms with E-state index in [9.17, 15) is 32.8 Å². The molecule has 0 spiro atoms. The van der Waals surface area contributed by atoms with Crippen molar-refractivity contribution in [3.05, 3.63) is 142 Å². The predicted octanol–water partition coefficient (Wildman–Crippen LogP) is 11.0. The second-order valence-corrected chi connectivity index (χ2v) is 15.9. The SMILES string of the molecule is CC1(C)[C@H](C(=O)OC(C#N)c2cccc(Oc3ccccc3)c2)[C@@H]1/C=C(\Cl)C(F)(F)F.CCc1ccc(C(=O)NN(C(=O)c2cc(C)cc(C)c2)C(C)(C)C)cc1. The Morgan fingerprint density at radius 2 is 1.49 bits per heavy atom. The fourth-order valence-electron chi connectivity index (χ4n) is 6.22. The molecule has 0 aromatic heterocycles. The van der Waals surface area contributed by atoms with Crippen molar-refractivity contribution in [2.75, 3.05) is 0 Å². The summed E-state index contributed by atoms with van der Waals surface area (Å²) in [5.74, 6) is -1.78. The molecule has 0 aliphatic heterocycles. The number of nitrogens with zero attached hydrogens (tertiary/aromatic N) is 2. The van der Waals surface area contributed by atoms with Crippen LogP contribution in [0, 0.1) is 42.4 Å². The van der Waals surface area contributed by atoms with Crippen molar-refractivity contribution in [2.45, 2.75) is 79.6 Å². The summed E-state index contributed by atoms with van der Waals surface area (Å²) in [4.78, 5) is 38.4. The van der Waals surface area contributed by atoms with E-state index in [1.807, 2.05) is 89.2 Å². The van der Waals surface area contributed by atoms with Crippen LogP contribution in [0.3, 0.4) is 0 Å². The number of alkyl halides is 3. The summed E-state index contributed by atoms with van der Waals surface area (Å²) in [6, 6.07) is 30.6. The Labute approximate surface area is 337 Å². The zero-order valence-electron chi connectivity index (χ0n) is 33.2. The average Bonchev–Trinajstić information content (AvgIpc) is 3.70. The Balaban J connectivity index is 0.000000257. The van der Waals surface area contributed by atoms with Crippen LogP contribution in [0.2, 0.25) is 0 Å². The van der Waals surface area contributed by atoms with Crippen LogP contribution in [-0.4, -0.2) is 34.5 Å². The first-order chi connectivity index (χ1) is 26.6. The minimum absolute atomic E-state index is 0.220. The lowest BCUT2D eigenvalue weighted by Crippen LogP contribution is -2.55. The van der Waals surface area contributed by atoms with E-state index in [2.05, 4.69) is 12.3 Å².